The summed E-state index contributed by atoms with van der Waals surface area (Å²) in [5.74, 6) is -0.480. The third kappa shape index (κ3) is 6.99. The molecule has 2 aliphatic rings. The van der Waals surface area contributed by atoms with Crippen molar-refractivity contribution in [1.82, 2.24) is 24.7 Å². The molecular weight excluding hydrogens is 484 g/mol. The van der Waals surface area contributed by atoms with Crippen LogP contribution in [0.25, 0.3) is 0 Å². The Kier molecular flexibility index (Phi) is 8.52. The third-order valence-electron chi connectivity index (χ3n) is 7.19. The van der Waals surface area contributed by atoms with Gasteiger partial charge in [0.2, 0.25) is 5.95 Å². The molecule has 1 aromatic carbocycles. The molecule has 3 heterocycles. The lowest BCUT2D eigenvalue weighted by atomic mass is 10.0. The van der Waals surface area contributed by atoms with E-state index in [1.54, 1.807) is 0 Å². The molecule has 206 valence electrons. The van der Waals surface area contributed by atoms with Crippen molar-refractivity contribution in [3.8, 4) is 0 Å². The average Bonchev–Trinajstić information content (AvgIpc) is 2.86. The van der Waals surface area contributed by atoms with Gasteiger partial charge in [0.15, 0.2) is 0 Å². The summed E-state index contributed by atoms with van der Waals surface area (Å²) in [5, 5.41) is 9.12. The van der Waals surface area contributed by atoms with Gasteiger partial charge in [-0.3, -0.25) is 9.80 Å². The molecule has 0 bridgehead atoms. The van der Waals surface area contributed by atoms with Crippen LogP contribution in [0.2, 0.25) is 0 Å². The second-order valence-corrected chi connectivity index (χ2v) is 11.4. The van der Waals surface area contributed by atoms with Crippen LogP contribution >= 0.6 is 0 Å². The fourth-order valence-electron chi connectivity index (χ4n) is 5.18. The first-order chi connectivity index (χ1) is 18.0. The molecule has 38 heavy (non-hydrogen) atoms. The molecule has 0 saturated carbocycles. The van der Waals surface area contributed by atoms with Crippen LogP contribution in [0.3, 0.4) is 0 Å². The van der Waals surface area contributed by atoms with Gasteiger partial charge in [0, 0.05) is 76.3 Å². The highest BCUT2D eigenvalue weighted by Crippen LogP contribution is 2.24. The minimum atomic E-state index is -1.03. The van der Waals surface area contributed by atoms with Gasteiger partial charge in [-0.2, -0.15) is 0 Å². The van der Waals surface area contributed by atoms with Gasteiger partial charge in [0.25, 0.3) is 0 Å². The summed E-state index contributed by atoms with van der Waals surface area (Å²) >= 11 is 0. The van der Waals surface area contributed by atoms with Gasteiger partial charge in [0.1, 0.15) is 5.60 Å². The van der Waals surface area contributed by atoms with Crippen molar-refractivity contribution >= 4 is 18.0 Å². The number of hydrogen-bond acceptors (Lipinski definition) is 8. The number of anilines is 1. The molecule has 2 saturated heterocycles. The first-order valence-electron chi connectivity index (χ1n) is 13.3. The summed E-state index contributed by atoms with van der Waals surface area (Å²) < 4.78 is 5.74. The molecule has 2 fully saturated rings. The van der Waals surface area contributed by atoms with E-state index >= 15 is 0 Å². The molecule has 2 aliphatic heterocycles. The number of carboxylic acid groups (broad SMARTS) is 1. The van der Waals surface area contributed by atoms with E-state index in [2.05, 4.69) is 62.8 Å². The van der Waals surface area contributed by atoms with Crippen molar-refractivity contribution in [2.45, 2.75) is 64.9 Å². The number of hydrogen-bond donors (Lipinski definition) is 1. The molecule has 2 aromatic rings. The number of aromatic nitrogens is 2. The van der Waals surface area contributed by atoms with Crippen LogP contribution in [0.1, 0.15) is 50.5 Å². The maximum Gasteiger partial charge on any atom is 0.410 e. The Hall–Kier alpha value is -3.24. The van der Waals surface area contributed by atoms with Crippen LogP contribution in [-0.2, 0) is 11.3 Å². The number of carboxylic acids is 1. The number of piperazine rings is 2. The van der Waals surface area contributed by atoms with Crippen LogP contribution in [0, 0.1) is 0 Å². The second kappa shape index (κ2) is 11.7. The lowest BCUT2D eigenvalue weighted by Crippen LogP contribution is -2.63. The van der Waals surface area contributed by atoms with Gasteiger partial charge in [-0.05, 0) is 40.2 Å². The Morgan fingerprint density at radius 1 is 0.974 bits per heavy atom. The van der Waals surface area contributed by atoms with Crippen LogP contribution in [0.5, 0.6) is 0 Å². The standard InChI is InChI=1S/C28H40N6O4/c1-20-15-32(26-29-13-23(14-30-26)25(35)36)12-11-31(20)18-24-19-34(27(37)38-28(3,4)5)21(2)16-33(24)17-22-9-7-6-8-10-22/h6-10,13-14,20-21,24H,11-12,15-19H2,1-5H3,(H,35,36)/t20?,21-,24+/m1/s1. The Morgan fingerprint density at radius 2 is 1.66 bits per heavy atom. The van der Waals surface area contributed by atoms with E-state index in [4.69, 9.17) is 9.84 Å². The minimum Gasteiger partial charge on any atom is -0.478 e. The largest absolute Gasteiger partial charge is 0.478 e. The highest BCUT2D eigenvalue weighted by atomic mass is 16.6. The lowest BCUT2D eigenvalue weighted by Gasteiger charge is -2.48. The molecule has 10 nitrogen and oxygen atoms in total. The molecule has 0 aliphatic carbocycles. The predicted octanol–water partition coefficient (Wildman–Crippen LogP) is 3.20. The summed E-state index contributed by atoms with van der Waals surface area (Å²) in [6, 6.07) is 10.9. The summed E-state index contributed by atoms with van der Waals surface area (Å²) in [6.07, 6.45) is 2.46. The number of carbonyl (C=O) groups excluding carboxylic acids is 1. The topological polar surface area (TPSA) is 102 Å². The number of benzene rings is 1. The van der Waals surface area contributed by atoms with E-state index in [1.165, 1.54) is 18.0 Å². The number of carbonyl (C=O) groups is 2. The fourth-order valence-corrected chi connectivity index (χ4v) is 5.18. The second-order valence-electron chi connectivity index (χ2n) is 11.4. The van der Waals surface area contributed by atoms with Crippen LogP contribution in [-0.4, -0.2) is 105 Å². The van der Waals surface area contributed by atoms with Gasteiger partial charge < -0.3 is 19.6 Å². The van der Waals surface area contributed by atoms with E-state index in [-0.39, 0.29) is 29.8 Å². The summed E-state index contributed by atoms with van der Waals surface area (Å²) in [4.78, 5) is 41.7. The number of ether oxygens (including phenoxy) is 1. The molecule has 1 aromatic heterocycles. The summed E-state index contributed by atoms with van der Waals surface area (Å²) in [5.41, 5.74) is 0.804. The zero-order valence-corrected chi connectivity index (χ0v) is 23.1. The van der Waals surface area contributed by atoms with Crippen LogP contribution in [0.15, 0.2) is 42.7 Å². The first kappa shape index (κ1) is 27.8. The highest BCUT2D eigenvalue weighted by molar-refractivity contribution is 5.86. The SMILES string of the molecule is CC1CN(c2ncc(C(=O)O)cn2)CCN1C[C@H]1CN(C(=O)OC(C)(C)C)[C@H](C)CN1Cc1ccccc1. The first-order valence-corrected chi connectivity index (χ1v) is 13.3. The van der Waals surface area contributed by atoms with Crippen molar-refractivity contribution in [2.24, 2.45) is 0 Å². The van der Waals surface area contributed by atoms with Gasteiger partial charge >= 0.3 is 12.1 Å². The maximum atomic E-state index is 13.1. The van der Waals surface area contributed by atoms with E-state index in [9.17, 15) is 9.59 Å². The van der Waals surface area contributed by atoms with Gasteiger partial charge in [-0.1, -0.05) is 30.3 Å². The van der Waals surface area contributed by atoms with Gasteiger partial charge in [-0.15, -0.1) is 0 Å². The van der Waals surface area contributed by atoms with Gasteiger partial charge in [0.05, 0.1) is 5.56 Å². The predicted molar refractivity (Wildman–Crippen MR) is 145 cm³/mol. The molecule has 0 spiro atoms. The van der Waals surface area contributed by atoms with Crippen molar-refractivity contribution in [3.63, 3.8) is 0 Å². The highest BCUT2D eigenvalue weighted by Gasteiger charge is 2.38. The zero-order valence-electron chi connectivity index (χ0n) is 23.1. The molecule has 1 N–H and O–H groups in total. The average molecular weight is 525 g/mol. The minimum absolute atomic E-state index is 0.0463. The number of rotatable bonds is 6. The zero-order chi connectivity index (χ0) is 27.4. The molecule has 3 atom stereocenters. The Morgan fingerprint density at radius 3 is 2.26 bits per heavy atom. The quantitative estimate of drug-likeness (QED) is 0.610. The molecule has 4 rings (SSSR count). The smallest absolute Gasteiger partial charge is 0.410 e. The van der Waals surface area contributed by atoms with Crippen molar-refractivity contribution in [1.29, 1.82) is 0 Å². The molecule has 1 amide bonds. The summed E-state index contributed by atoms with van der Waals surface area (Å²) in [7, 11) is 0. The monoisotopic (exact) mass is 524 g/mol. The van der Waals surface area contributed by atoms with E-state index in [0.717, 1.165) is 39.3 Å². The molecular formula is C28H40N6O4. The van der Waals surface area contributed by atoms with E-state index in [1.807, 2.05) is 31.7 Å². The number of amides is 1. The van der Waals surface area contributed by atoms with Crippen molar-refractivity contribution in [3.05, 3.63) is 53.9 Å². The van der Waals surface area contributed by atoms with E-state index in [0.29, 0.717) is 12.5 Å². The van der Waals surface area contributed by atoms with Crippen LogP contribution < -0.4 is 4.90 Å². The maximum absolute atomic E-state index is 13.1. The Bertz CT molecular complexity index is 1090. The molecule has 0 radical (unpaired) electrons. The number of aromatic carboxylic acids is 1. The molecule has 10 heteroatoms. The lowest BCUT2D eigenvalue weighted by molar-refractivity contribution is -0.0227. The normalized spacial score (nSPS) is 23.3. The van der Waals surface area contributed by atoms with E-state index < -0.39 is 11.6 Å². The van der Waals surface area contributed by atoms with Crippen molar-refractivity contribution < 1.29 is 19.4 Å². The summed E-state index contributed by atoms with van der Waals surface area (Å²) in [6.45, 7) is 15.3. The Labute approximate surface area is 225 Å². The van der Waals surface area contributed by atoms with Crippen LogP contribution in [0.4, 0.5) is 10.7 Å². The Balaban J connectivity index is 1.46. The van der Waals surface area contributed by atoms with Gasteiger partial charge in [-0.25, -0.2) is 19.6 Å². The molecule has 1 unspecified atom stereocenters. The third-order valence-corrected chi connectivity index (χ3v) is 7.19. The van der Waals surface area contributed by atoms with Crippen molar-refractivity contribution in [2.75, 3.05) is 44.2 Å². The number of nitrogens with zero attached hydrogens (tertiary/aromatic N) is 6. The fraction of sp³-hybridized carbons (Fsp3) is 0.571.